The third-order valence-corrected chi connectivity index (χ3v) is 5.30. The Morgan fingerprint density at radius 2 is 2.00 bits per heavy atom. The van der Waals surface area contributed by atoms with Crippen LogP contribution in [0.1, 0.15) is 18.4 Å². The minimum Gasteiger partial charge on any atom is -0.395 e. The van der Waals surface area contributed by atoms with Gasteiger partial charge in [-0.1, -0.05) is 30.3 Å². The fourth-order valence-electron chi connectivity index (χ4n) is 2.37. The highest BCUT2D eigenvalue weighted by molar-refractivity contribution is 7.89. The van der Waals surface area contributed by atoms with Gasteiger partial charge < -0.3 is 5.11 Å². The molecule has 100 valence electrons. The molecule has 1 aliphatic rings. The molecular formula is C13H19NO3S. The van der Waals surface area contributed by atoms with Crippen LogP contribution in [0.3, 0.4) is 0 Å². The van der Waals surface area contributed by atoms with E-state index in [1.165, 1.54) is 4.31 Å². The molecule has 0 bridgehead atoms. The predicted octanol–water partition coefficient (Wildman–Crippen LogP) is 1.02. The van der Waals surface area contributed by atoms with E-state index in [4.69, 9.17) is 0 Å². The maximum absolute atomic E-state index is 12.2. The first-order valence-electron chi connectivity index (χ1n) is 6.28. The largest absolute Gasteiger partial charge is 0.395 e. The van der Waals surface area contributed by atoms with E-state index >= 15 is 0 Å². The van der Waals surface area contributed by atoms with Gasteiger partial charge in [0.15, 0.2) is 0 Å². The van der Waals surface area contributed by atoms with Gasteiger partial charge in [-0.25, -0.2) is 8.42 Å². The van der Waals surface area contributed by atoms with Crippen LogP contribution < -0.4 is 0 Å². The van der Waals surface area contributed by atoms with Crippen LogP contribution in [-0.2, 0) is 16.4 Å². The van der Waals surface area contributed by atoms with Crippen molar-refractivity contribution in [3.63, 3.8) is 0 Å². The SMILES string of the molecule is O=S(=O)(CCc1ccccc1)N1CCCC1CO. The molecule has 5 heteroatoms. The van der Waals surface area contributed by atoms with Gasteiger partial charge in [0.2, 0.25) is 10.0 Å². The molecule has 4 nitrogen and oxygen atoms in total. The van der Waals surface area contributed by atoms with Crippen molar-refractivity contribution in [2.24, 2.45) is 0 Å². The number of sulfonamides is 1. The Labute approximate surface area is 108 Å². The van der Waals surface area contributed by atoms with E-state index in [0.29, 0.717) is 13.0 Å². The molecule has 1 atom stereocenters. The Morgan fingerprint density at radius 3 is 2.67 bits per heavy atom. The van der Waals surface area contributed by atoms with E-state index in [1.807, 2.05) is 30.3 Å². The number of rotatable bonds is 5. The first kappa shape index (κ1) is 13.5. The van der Waals surface area contributed by atoms with E-state index in [-0.39, 0.29) is 18.4 Å². The van der Waals surface area contributed by atoms with Crippen LogP contribution in [0.25, 0.3) is 0 Å². The molecule has 1 unspecified atom stereocenters. The maximum atomic E-state index is 12.2. The Bertz CT molecular complexity index is 472. The lowest BCUT2D eigenvalue weighted by molar-refractivity contribution is 0.213. The predicted molar refractivity (Wildman–Crippen MR) is 70.7 cm³/mol. The molecule has 2 rings (SSSR count). The van der Waals surface area contributed by atoms with Crippen LogP contribution in [0, 0.1) is 0 Å². The summed E-state index contributed by atoms with van der Waals surface area (Å²) in [4.78, 5) is 0. The number of hydrogen-bond donors (Lipinski definition) is 1. The molecule has 0 aromatic heterocycles. The van der Waals surface area contributed by atoms with E-state index in [1.54, 1.807) is 0 Å². The minimum absolute atomic E-state index is 0.0788. The Morgan fingerprint density at radius 1 is 1.28 bits per heavy atom. The summed E-state index contributed by atoms with van der Waals surface area (Å²) in [5, 5.41) is 9.18. The number of benzene rings is 1. The summed E-state index contributed by atoms with van der Waals surface area (Å²) in [6.45, 7) is 0.465. The van der Waals surface area contributed by atoms with Gasteiger partial charge in [0.05, 0.1) is 12.4 Å². The molecule has 1 fully saturated rings. The molecule has 0 aliphatic carbocycles. The molecule has 1 aromatic carbocycles. The lowest BCUT2D eigenvalue weighted by Gasteiger charge is -2.22. The highest BCUT2D eigenvalue weighted by Crippen LogP contribution is 2.21. The highest BCUT2D eigenvalue weighted by atomic mass is 32.2. The van der Waals surface area contributed by atoms with E-state index < -0.39 is 10.0 Å². The highest BCUT2D eigenvalue weighted by Gasteiger charge is 2.33. The smallest absolute Gasteiger partial charge is 0.214 e. The number of nitrogens with zero attached hydrogens (tertiary/aromatic N) is 1. The normalized spacial score (nSPS) is 21.3. The summed E-state index contributed by atoms with van der Waals surface area (Å²) in [6, 6.07) is 9.39. The number of aryl methyl sites for hydroxylation is 1. The van der Waals surface area contributed by atoms with Gasteiger partial charge in [-0.3, -0.25) is 0 Å². The summed E-state index contributed by atoms with van der Waals surface area (Å²) in [5.74, 6) is 0.119. The van der Waals surface area contributed by atoms with Gasteiger partial charge in [-0.15, -0.1) is 0 Å². The topological polar surface area (TPSA) is 57.6 Å². The van der Waals surface area contributed by atoms with E-state index in [2.05, 4.69) is 0 Å². The summed E-state index contributed by atoms with van der Waals surface area (Å²) in [5.41, 5.74) is 1.03. The van der Waals surface area contributed by atoms with Crippen molar-refractivity contribution in [2.45, 2.75) is 25.3 Å². The van der Waals surface area contributed by atoms with Crippen molar-refractivity contribution in [3.05, 3.63) is 35.9 Å². The Hall–Kier alpha value is -0.910. The Balaban J connectivity index is 1.99. The van der Waals surface area contributed by atoms with Crippen molar-refractivity contribution in [3.8, 4) is 0 Å². The Kier molecular flexibility index (Phi) is 4.37. The van der Waals surface area contributed by atoms with E-state index in [9.17, 15) is 13.5 Å². The van der Waals surface area contributed by atoms with Crippen LogP contribution in [-0.4, -0.2) is 42.8 Å². The van der Waals surface area contributed by atoms with Crippen LogP contribution in [0.15, 0.2) is 30.3 Å². The van der Waals surface area contributed by atoms with Crippen molar-refractivity contribution in [2.75, 3.05) is 18.9 Å². The fraction of sp³-hybridized carbons (Fsp3) is 0.538. The van der Waals surface area contributed by atoms with Gasteiger partial charge in [0.25, 0.3) is 0 Å². The third-order valence-electron chi connectivity index (χ3n) is 3.38. The number of aliphatic hydroxyl groups excluding tert-OH is 1. The quantitative estimate of drug-likeness (QED) is 0.868. The summed E-state index contributed by atoms with van der Waals surface area (Å²) in [6.07, 6.45) is 2.13. The van der Waals surface area contributed by atoms with Crippen LogP contribution in [0.4, 0.5) is 0 Å². The second-order valence-corrected chi connectivity index (χ2v) is 6.68. The second-order valence-electron chi connectivity index (χ2n) is 4.64. The van der Waals surface area contributed by atoms with Crippen molar-refractivity contribution < 1.29 is 13.5 Å². The minimum atomic E-state index is -3.25. The van der Waals surface area contributed by atoms with Crippen LogP contribution in [0.5, 0.6) is 0 Å². The van der Waals surface area contributed by atoms with Crippen molar-refractivity contribution in [1.29, 1.82) is 0 Å². The fourth-order valence-corrected chi connectivity index (χ4v) is 4.13. The summed E-state index contributed by atoms with van der Waals surface area (Å²) in [7, 11) is -3.25. The molecule has 1 heterocycles. The first-order chi connectivity index (χ1) is 8.63. The van der Waals surface area contributed by atoms with Crippen molar-refractivity contribution >= 4 is 10.0 Å². The van der Waals surface area contributed by atoms with Crippen LogP contribution in [0.2, 0.25) is 0 Å². The maximum Gasteiger partial charge on any atom is 0.214 e. The van der Waals surface area contributed by atoms with E-state index in [0.717, 1.165) is 18.4 Å². The molecule has 18 heavy (non-hydrogen) atoms. The molecular weight excluding hydrogens is 250 g/mol. The van der Waals surface area contributed by atoms with Gasteiger partial charge in [0.1, 0.15) is 0 Å². The third kappa shape index (κ3) is 3.10. The standard InChI is InChI=1S/C13H19NO3S/c15-11-13-7-4-9-14(13)18(16,17)10-8-12-5-2-1-3-6-12/h1-3,5-6,13,15H,4,7-11H2. The lowest BCUT2D eigenvalue weighted by Crippen LogP contribution is -2.39. The van der Waals surface area contributed by atoms with Crippen LogP contribution >= 0.6 is 0 Å². The van der Waals surface area contributed by atoms with Crippen molar-refractivity contribution in [1.82, 2.24) is 4.31 Å². The zero-order valence-corrected chi connectivity index (χ0v) is 11.1. The summed E-state index contributed by atoms with van der Waals surface area (Å²) < 4.78 is 25.8. The van der Waals surface area contributed by atoms with Gasteiger partial charge in [-0.2, -0.15) is 4.31 Å². The average molecular weight is 269 g/mol. The number of hydrogen-bond acceptors (Lipinski definition) is 3. The summed E-state index contributed by atoms with van der Waals surface area (Å²) >= 11 is 0. The lowest BCUT2D eigenvalue weighted by atomic mass is 10.2. The van der Waals surface area contributed by atoms with Gasteiger partial charge in [0, 0.05) is 12.6 Å². The average Bonchev–Trinajstić information content (AvgIpc) is 2.87. The van der Waals surface area contributed by atoms with Gasteiger partial charge in [-0.05, 0) is 24.8 Å². The van der Waals surface area contributed by atoms with Gasteiger partial charge >= 0.3 is 0 Å². The first-order valence-corrected chi connectivity index (χ1v) is 7.89. The molecule has 0 radical (unpaired) electrons. The second kappa shape index (κ2) is 5.82. The molecule has 1 aromatic rings. The monoisotopic (exact) mass is 269 g/mol. The number of aliphatic hydroxyl groups is 1. The zero-order valence-electron chi connectivity index (χ0n) is 10.3. The molecule has 0 amide bonds. The zero-order chi connectivity index (χ0) is 13.0. The molecule has 1 saturated heterocycles. The molecule has 0 saturated carbocycles. The molecule has 0 spiro atoms. The molecule has 1 N–H and O–H groups in total. The molecule has 1 aliphatic heterocycles.